The number of imidazole rings is 1. The van der Waals surface area contributed by atoms with Crippen molar-refractivity contribution in [2.24, 2.45) is 0 Å². The van der Waals surface area contributed by atoms with Crippen LogP contribution in [0.2, 0.25) is 54.4 Å². The topological polar surface area (TPSA) is 113 Å². The number of nitrogens with one attached hydrogen (secondary N) is 2. The maximum Gasteiger partial charge on any atom is 0.280 e. The molecule has 0 unspecified atom stereocenters. The van der Waals surface area contributed by atoms with Gasteiger partial charge in [-0.15, -0.1) is 0 Å². The molecule has 1 saturated heterocycles. The van der Waals surface area contributed by atoms with Gasteiger partial charge in [0.25, 0.3) is 5.56 Å². The van der Waals surface area contributed by atoms with E-state index in [0.717, 1.165) is 5.56 Å². The fraction of sp³-hybridized carbons (Fsp3) is 0.686. The largest absolute Gasteiger partial charge is 0.414 e. The van der Waals surface area contributed by atoms with E-state index in [1.165, 1.54) is 0 Å². The van der Waals surface area contributed by atoms with Gasteiger partial charge in [0.2, 0.25) is 5.95 Å². The van der Waals surface area contributed by atoms with Crippen molar-refractivity contribution in [3.05, 3.63) is 52.6 Å². The van der Waals surface area contributed by atoms with Crippen molar-refractivity contribution in [1.29, 1.82) is 0 Å². The first-order valence-electron chi connectivity index (χ1n) is 17.2. The minimum absolute atomic E-state index is 0.0342. The number of nitrogens with zero attached hydrogens (tertiary/aromatic N) is 3. The zero-order chi connectivity index (χ0) is 36.1. The Bertz CT molecular complexity index is 1600. The summed E-state index contributed by atoms with van der Waals surface area (Å²) in [5.74, 6) is 0.366. The van der Waals surface area contributed by atoms with Crippen LogP contribution in [0.1, 0.15) is 74.1 Å². The second-order valence-electron chi connectivity index (χ2n) is 17.9. The predicted molar refractivity (Wildman–Crippen MR) is 203 cm³/mol. The first kappa shape index (κ1) is 38.7. The van der Waals surface area contributed by atoms with E-state index in [4.69, 9.17) is 23.0 Å². The first-order chi connectivity index (χ1) is 21.8. The van der Waals surface area contributed by atoms with Crippen LogP contribution in [0.5, 0.6) is 0 Å². The molecule has 0 radical (unpaired) electrons. The Hall–Kier alpha value is -2.14. The number of fused-ring (bicyclic) bond motifs is 1. The molecule has 4 atom stereocenters. The molecule has 2 N–H and O–H groups in total. The molecule has 48 heavy (non-hydrogen) atoms. The Labute approximate surface area is 291 Å². The second kappa shape index (κ2) is 13.5. The molecular weight excluding hydrogens is 655 g/mol. The van der Waals surface area contributed by atoms with Gasteiger partial charge in [0.05, 0.1) is 12.9 Å². The van der Waals surface area contributed by atoms with Crippen LogP contribution in [0.3, 0.4) is 0 Å². The molecule has 1 aliphatic heterocycles. The number of H-pyrrole nitrogens is 1. The summed E-state index contributed by atoms with van der Waals surface area (Å²) in [5, 5.41) is 3.22. The molecule has 268 valence electrons. The van der Waals surface area contributed by atoms with E-state index < -0.39 is 49.5 Å². The van der Waals surface area contributed by atoms with Crippen molar-refractivity contribution < 1.29 is 18.0 Å². The van der Waals surface area contributed by atoms with Gasteiger partial charge in [0, 0.05) is 6.54 Å². The standard InChI is InChI=1S/C35H61N5O5Si3/c1-33(2,3)46(10,11)42-22-25-27(44-47(12,13)34(4,5)6)28(45-48(14,15)35(7,8)9)31(43-25)40-23-37-26-29(40)38-32(39-30(26)41)36-21-24-19-17-16-18-20-24/h16-20,23,25,27-28,31H,21-22H2,1-15H3,(H2,36,38,39,41)/t25-,27-,28-,31-/m0/s1. The van der Waals surface area contributed by atoms with Crippen LogP contribution in [0, 0.1) is 0 Å². The van der Waals surface area contributed by atoms with Crippen molar-refractivity contribution in [3.8, 4) is 0 Å². The lowest BCUT2D eigenvalue weighted by Gasteiger charge is -2.44. The summed E-state index contributed by atoms with van der Waals surface area (Å²) in [7, 11) is -6.79. The van der Waals surface area contributed by atoms with E-state index in [1.54, 1.807) is 6.33 Å². The number of benzene rings is 1. The van der Waals surface area contributed by atoms with Gasteiger partial charge in [-0.1, -0.05) is 92.6 Å². The maximum atomic E-state index is 13.3. The van der Waals surface area contributed by atoms with Crippen molar-refractivity contribution in [3.63, 3.8) is 0 Å². The fourth-order valence-electron chi connectivity index (χ4n) is 4.85. The lowest BCUT2D eigenvalue weighted by Crippen LogP contribution is -2.54. The number of ether oxygens (including phenoxy) is 1. The summed E-state index contributed by atoms with van der Waals surface area (Å²) >= 11 is 0. The molecule has 0 spiro atoms. The van der Waals surface area contributed by atoms with E-state index in [2.05, 4.69) is 117 Å². The third-order valence-corrected chi connectivity index (χ3v) is 24.6. The molecule has 1 aliphatic rings. The molecule has 13 heteroatoms. The highest BCUT2D eigenvalue weighted by molar-refractivity contribution is 6.75. The van der Waals surface area contributed by atoms with Gasteiger partial charge < -0.3 is 23.3 Å². The van der Waals surface area contributed by atoms with Gasteiger partial charge in [-0.25, -0.2) is 4.98 Å². The average Bonchev–Trinajstić information content (AvgIpc) is 3.50. The van der Waals surface area contributed by atoms with Gasteiger partial charge >= 0.3 is 0 Å². The van der Waals surface area contributed by atoms with Crippen molar-refractivity contribution in [2.75, 3.05) is 11.9 Å². The summed E-state index contributed by atoms with van der Waals surface area (Å²) in [5.41, 5.74) is 1.44. The van der Waals surface area contributed by atoms with Crippen LogP contribution < -0.4 is 10.9 Å². The molecule has 1 aromatic carbocycles. The Kier molecular flexibility index (Phi) is 10.9. The molecular formula is C35H61N5O5Si3. The van der Waals surface area contributed by atoms with E-state index >= 15 is 0 Å². The number of hydrogen-bond donors (Lipinski definition) is 2. The Balaban J connectivity index is 1.82. The summed E-state index contributed by atoms with van der Waals surface area (Å²) in [6, 6.07) is 10.00. The van der Waals surface area contributed by atoms with Gasteiger partial charge in [-0.2, -0.15) is 4.98 Å². The molecule has 2 aromatic heterocycles. The molecule has 3 heterocycles. The maximum absolute atomic E-state index is 13.3. The Morgan fingerprint density at radius 1 is 0.833 bits per heavy atom. The van der Waals surface area contributed by atoms with Gasteiger partial charge in [-0.05, 0) is 60.0 Å². The van der Waals surface area contributed by atoms with Crippen LogP contribution >= 0.6 is 0 Å². The number of rotatable bonds is 11. The zero-order valence-electron chi connectivity index (χ0n) is 32.1. The van der Waals surface area contributed by atoms with Gasteiger partial charge in [0.1, 0.15) is 18.3 Å². The summed E-state index contributed by atoms with van der Waals surface area (Å²) < 4.78 is 30.3. The third kappa shape index (κ3) is 8.24. The van der Waals surface area contributed by atoms with E-state index in [9.17, 15) is 4.79 Å². The van der Waals surface area contributed by atoms with Crippen LogP contribution in [0.25, 0.3) is 11.2 Å². The minimum Gasteiger partial charge on any atom is -0.414 e. The molecule has 4 rings (SSSR count). The number of anilines is 1. The van der Waals surface area contributed by atoms with E-state index in [0.29, 0.717) is 24.7 Å². The quantitative estimate of drug-likeness (QED) is 0.190. The molecule has 1 fully saturated rings. The SMILES string of the molecule is CC(C)(C)[Si](C)(C)OC[C@@H]1O[C@H](n2cnc3c(=O)[nH]c(NCc4ccccc4)nc32)[C@@H](O[Si](C)(C)C(C)(C)C)[C@H]1O[Si](C)(C)C(C)(C)C. The predicted octanol–water partition coefficient (Wildman–Crippen LogP) is 8.43. The lowest BCUT2D eigenvalue weighted by molar-refractivity contribution is -0.0470. The highest BCUT2D eigenvalue weighted by Gasteiger charge is 2.55. The number of aromatic amines is 1. The molecule has 0 amide bonds. The third-order valence-electron chi connectivity index (χ3n) is 11.2. The smallest absolute Gasteiger partial charge is 0.280 e. The van der Waals surface area contributed by atoms with Crippen LogP contribution in [0.15, 0.2) is 41.5 Å². The normalized spacial score (nSPS) is 21.6. The van der Waals surface area contributed by atoms with Crippen molar-refractivity contribution in [2.45, 2.75) is 148 Å². The van der Waals surface area contributed by atoms with Crippen molar-refractivity contribution >= 4 is 42.1 Å². The van der Waals surface area contributed by atoms with Crippen LogP contribution in [0.4, 0.5) is 5.95 Å². The highest BCUT2D eigenvalue weighted by atomic mass is 28.4. The summed E-state index contributed by atoms with van der Waals surface area (Å²) in [6.07, 6.45) is -0.260. The molecule has 3 aromatic rings. The monoisotopic (exact) mass is 715 g/mol. The van der Waals surface area contributed by atoms with Crippen LogP contribution in [-0.2, 0) is 24.6 Å². The summed E-state index contributed by atoms with van der Waals surface area (Å²) in [6.45, 7) is 34.7. The van der Waals surface area contributed by atoms with Gasteiger partial charge in [-0.3, -0.25) is 14.3 Å². The van der Waals surface area contributed by atoms with E-state index in [1.807, 2.05) is 34.9 Å². The number of aromatic nitrogens is 4. The summed E-state index contributed by atoms with van der Waals surface area (Å²) in [4.78, 5) is 25.6. The minimum atomic E-state index is -2.36. The Morgan fingerprint density at radius 2 is 1.38 bits per heavy atom. The molecule has 0 aliphatic carbocycles. The van der Waals surface area contributed by atoms with Crippen molar-refractivity contribution in [1.82, 2.24) is 19.5 Å². The average molecular weight is 716 g/mol. The van der Waals surface area contributed by atoms with E-state index in [-0.39, 0.29) is 26.2 Å². The molecule has 10 nitrogen and oxygen atoms in total. The van der Waals surface area contributed by atoms with Crippen LogP contribution in [-0.4, -0.2) is 69.4 Å². The lowest BCUT2D eigenvalue weighted by atomic mass is 10.1. The molecule has 0 saturated carbocycles. The Morgan fingerprint density at radius 3 is 1.92 bits per heavy atom. The first-order valence-corrected chi connectivity index (χ1v) is 26.0. The molecule has 0 bridgehead atoms. The highest BCUT2D eigenvalue weighted by Crippen LogP contribution is 2.47. The fourth-order valence-corrected chi connectivity index (χ4v) is 8.47. The second-order valence-corrected chi connectivity index (χ2v) is 32.2. The zero-order valence-corrected chi connectivity index (χ0v) is 35.1. The number of hydrogen-bond acceptors (Lipinski definition) is 8. The van der Waals surface area contributed by atoms with Gasteiger partial charge in [0.15, 0.2) is 42.3 Å².